The molecule has 3 aromatic rings. The highest BCUT2D eigenvalue weighted by Crippen LogP contribution is 2.21. The number of benzene rings is 2. The van der Waals surface area contributed by atoms with Crippen molar-refractivity contribution in [2.75, 3.05) is 5.73 Å². The van der Waals surface area contributed by atoms with Gasteiger partial charge >= 0.3 is 0 Å². The normalized spacial score (nSPS) is 10.6. The first-order chi connectivity index (χ1) is 9.69. The minimum Gasteiger partial charge on any atom is -0.399 e. The molecule has 0 bridgehead atoms. The molecule has 0 saturated carbocycles. The molecule has 98 valence electrons. The lowest BCUT2D eigenvalue weighted by Gasteiger charge is -2.10. The van der Waals surface area contributed by atoms with Crippen molar-refractivity contribution in [1.29, 1.82) is 5.26 Å². The molecule has 0 aliphatic heterocycles. The molecule has 3 nitrogen and oxygen atoms in total. The van der Waals surface area contributed by atoms with Crippen LogP contribution in [0.5, 0.6) is 0 Å². The van der Waals surface area contributed by atoms with Crippen LogP contribution in [0.3, 0.4) is 0 Å². The van der Waals surface area contributed by atoms with Crippen LogP contribution in [0.2, 0.25) is 0 Å². The van der Waals surface area contributed by atoms with Crippen LogP contribution in [0, 0.1) is 18.3 Å². The van der Waals surface area contributed by atoms with E-state index in [1.165, 1.54) is 5.56 Å². The van der Waals surface area contributed by atoms with E-state index >= 15 is 0 Å². The molecule has 3 rings (SSSR count). The zero-order valence-electron chi connectivity index (χ0n) is 11.3. The van der Waals surface area contributed by atoms with Crippen molar-refractivity contribution in [2.24, 2.45) is 0 Å². The summed E-state index contributed by atoms with van der Waals surface area (Å²) in [4.78, 5) is 0. The van der Waals surface area contributed by atoms with Gasteiger partial charge in [-0.2, -0.15) is 5.26 Å². The topological polar surface area (TPSA) is 54.7 Å². The number of aromatic nitrogens is 1. The van der Waals surface area contributed by atoms with E-state index in [1.54, 1.807) is 0 Å². The van der Waals surface area contributed by atoms with Gasteiger partial charge in [-0.15, -0.1) is 0 Å². The number of nitrogens with zero attached hydrogens (tertiary/aromatic N) is 2. The number of fused-ring (bicyclic) bond motifs is 1. The molecule has 0 radical (unpaired) electrons. The lowest BCUT2D eigenvalue weighted by molar-refractivity contribution is 0.831. The molecule has 1 aromatic heterocycles. The summed E-state index contributed by atoms with van der Waals surface area (Å²) in [7, 11) is 0. The summed E-state index contributed by atoms with van der Waals surface area (Å²) < 4.78 is 2.18. The second-order valence-electron chi connectivity index (χ2n) is 4.96. The number of nitriles is 1. The number of rotatable bonds is 2. The van der Waals surface area contributed by atoms with Crippen LogP contribution in [0.15, 0.2) is 48.7 Å². The van der Waals surface area contributed by atoms with Crippen LogP contribution in [0.25, 0.3) is 10.9 Å². The van der Waals surface area contributed by atoms with Crippen molar-refractivity contribution in [3.63, 3.8) is 0 Å². The monoisotopic (exact) mass is 261 g/mol. The van der Waals surface area contributed by atoms with E-state index in [0.717, 1.165) is 28.7 Å². The van der Waals surface area contributed by atoms with Crippen LogP contribution in [-0.2, 0) is 6.54 Å². The Hall–Kier alpha value is -2.73. The average Bonchev–Trinajstić information content (AvgIpc) is 2.86. The second kappa shape index (κ2) is 4.75. The van der Waals surface area contributed by atoms with Crippen molar-refractivity contribution >= 4 is 16.6 Å². The molecule has 3 heteroatoms. The summed E-state index contributed by atoms with van der Waals surface area (Å²) in [5, 5.41) is 10.0. The summed E-state index contributed by atoms with van der Waals surface area (Å²) in [5.41, 5.74) is 10.9. The SMILES string of the molecule is Cc1c(N)cccc1Cn1ccc2cc(C#N)ccc21. The van der Waals surface area contributed by atoms with E-state index in [0.29, 0.717) is 5.56 Å². The number of anilines is 1. The second-order valence-corrected chi connectivity index (χ2v) is 4.96. The Morgan fingerprint density at radius 3 is 2.85 bits per heavy atom. The molecule has 1 heterocycles. The third-order valence-electron chi connectivity index (χ3n) is 3.73. The number of nitrogens with two attached hydrogens (primary N) is 1. The predicted octanol–water partition coefficient (Wildman–Crippen LogP) is 3.45. The summed E-state index contributed by atoms with van der Waals surface area (Å²) in [5.74, 6) is 0. The van der Waals surface area contributed by atoms with Crippen LogP contribution in [-0.4, -0.2) is 4.57 Å². The Bertz CT molecular complexity index is 822. The molecule has 0 aliphatic rings. The van der Waals surface area contributed by atoms with Gasteiger partial charge in [-0.05, 0) is 48.4 Å². The smallest absolute Gasteiger partial charge is 0.0991 e. The van der Waals surface area contributed by atoms with Crippen LogP contribution >= 0.6 is 0 Å². The van der Waals surface area contributed by atoms with Gasteiger partial charge in [0, 0.05) is 29.3 Å². The van der Waals surface area contributed by atoms with Crippen LogP contribution in [0.4, 0.5) is 5.69 Å². The molecule has 0 aliphatic carbocycles. The Morgan fingerprint density at radius 2 is 2.05 bits per heavy atom. The molecule has 0 atom stereocenters. The van der Waals surface area contributed by atoms with E-state index in [-0.39, 0.29) is 0 Å². The van der Waals surface area contributed by atoms with E-state index in [2.05, 4.69) is 22.9 Å². The molecule has 0 amide bonds. The zero-order valence-corrected chi connectivity index (χ0v) is 11.3. The molecule has 0 fully saturated rings. The van der Waals surface area contributed by atoms with Gasteiger partial charge in [-0.3, -0.25) is 0 Å². The van der Waals surface area contributed by atoms with Crippen molar-refractivity contribution in [2.45, 2.75) is 13.5 Å². The maximum atomic E-state index is 8.94. The molecular formula is C17H15N3. The Balaban J connectivity index is 2.03. The third kappa shape index (κ3) is 2.02. The van der Waals surface area contributed by atoms with E-state index in [1.807, 2.05) is 43.3 Å². The van der Waals surface area contributed by atoms with Crippen LogP contribution in [0.1, 0.15) is 16.7 Å². The standard InChI is InChI=1S/C17H15N3/c1-12-15(3-2-4-16(12)19)11-20-8-7-14-9-13(10-18)5-6-17(14)20/h2-9H,11,19H2,1H3. The first-order valence-electron chi connectivity index (χ1n) is 6.52. The Labute approximate surface area is 117 Å². The van der Waals surface area contributed by atoms with Crippen LogP contribution < -0.4 is 5.73 Å². The highest BCUT2D eigenvalue weighted by atomic mass is 14.9. The minimum absolute atomic E-state index is 0.690. The molecule has 0 unspecified atom stereocenters. The fourth-order valence-corrected chi connectivity index (χ4v) is 2.47. The van der Waals surface area contributed by atoms with E-state index in [9.17, 15) is 0 Å². The molecule has 0 spiro atoms. The van der Waals surface area contributed by atoms with Crippen molar-refractivity contribution in [3.8, 4) is 6.07 Å². The molecule has 2 N–H and O–H groups in total. The molecule has 2 aromatic carbocycles. The quantitative estimate of drug-likeness (QED) is 0.718. The first-order valence-corrected chi connectivity index (χ1v) is 6.52. The lowest BCUT2D eigenvalue weighted by Crippen LogP contribution is -2.02. The average molecular weight is 261 g/mol. The van der Waals surface area contributed by atoms with Gasteiger partial charge in [0.15, 0.2) is 0 Å². The van der Waals surface area contributed by atoms with Gasteiger partial charge in [0.2, 0.25) is 0 Å². The molecular weight excluding hydrogens is 246 g/mol. The van der Waals surface area contributed by atoms with Gasteiger partial charge in [0.25, 0.3) is 0 Å². The summed E-state index contributed by atoms with van der Waals surface area (Å²) in [6.45, 7) is 2.83. The molecule has 20 heavy (non-hydrogen) atoms. The zero-order chi connectivity index (χ0) is 14.1. The largest absolute Gasteiger partial charge is 0.399 e. The Morgan fingerprint density at radius 1 is 1.20 bits per heavy atom. The number of nitrogen functional groups attached to an aromatic ring is 1. The maximum absolute atomic E-state index is 8.94. The maximum Gasteiger partial charge on any atom is 0.0991 e. The van der Waals surface area contributed by atoms with Gasteiger partial charge in [-0.1, -0.05) is 12.1 Å². The highest BCUT2D eigenvalue weighted by molar-refractivity contribution is 5.81. The summed E-state index contributed by atoms with van der Waals surface area (Å²) in [6, 6.07) is 16.0. The summed E-state index contributed by atoms with van der Waals surface area (Å²) >= 11 is 0. The number of hydrogen-bond acceptors (Lipinski definition) is 2. The highest BCUT2D eigenvalue weighted by Gasteiger charge is 2.06. The predicted molar refractivity (Wildman–Crippen MR) is 81.3 cm³/mol. The van der Waals surface area contributed by atoms with Crippen molar-refractivity contribution < 1.29 is 0 Å². The lowest BCUT2D eigenvalue weighted by atomic mass is 10.1. The molecule has 0 saturated heterocycles. The van der Waals surface area contributed by atoms with Crippen molar-refractivity contribution in [3.05, 3.63) is 65.4 Å². The van der Waals surface area contributed by atoms with Crippen molar-refractivity contribution in [1.82, 2.24) is 4.57 Å². The van der Waals surface area contributed by atoms with Gasteiger partial charge in [-0.25, -0.2) is 0 Å². The third-order valence-corrected chi connectivity index (χ3v) is 3.73. The Kier molecular flexibility index (Phi) is 2.92. The van der Waals surface area contributed by atoms with Gasteiger partial charge < -0.3 is 10.3 Å². The van der Waals surface area contributed by atoms with Gasteiger partial charge in [0.1, 0.15) is 0 Å². The summed E-state index contributed by atoms with van der Waals surface area (Å²) in [6.07, 6.45) is 2.05. The minimum atomic E-state index is 0.690. The van der Waals surface area contributed by atoms with E-state index in [4.69, 9.17) is 11.0 Å². The van der Waals surface area contributed by atoms with E-state index < -0.39 is 0 Å². The van der Waals surface area contributed by atoms with Gasteiger partial charge in [0.05, 0.1) is 11.6 Å². The fraction of sp³-hybridized carbons (Fsp3) is 0.118. The fourth-order valence-electron chi connectivity index (χ4n) is 2.47. The first kappa shape index (κ1) is 12.3. The number of hydrogen-bond donors (Lipinski definition) is 1.